The van der Waals surface area contributed by atoms with Gasteiger partial charge in [-0.15, -0.1) is 10.2 Å². The third-order valence-electron chi connectivity index (χ3n) is 3.43. The molecule has 0 spiro atoms. The standard InChI is InChI=1S/C17H25N3O/c1-12-6-7-14(10-13(12)2)11-16-20-19-15(21-16)8-9-18-17(3,4)5/h6-7,10,18H,8-9,11H2,1-5H3. The fourth-order valence-electron chi connectivity index (χ4n) is 2.09. The molecule has 1 N–H and O–H groups in total. The number of hydrogen-bond donors (Lipinski definition) is 1. The lowest BCUT2D eigenvalue weighted by Gasteiger charge is -2.19. The van der Waals surface area contributed by atoms with Crippen molar-refractivity contribution in [3.05, 3.63) is 46.7 Å². The van der Waals surface area contributed by atoms with E-state index in [1.807, 2.05) is 0 Å². The third kappa shape index (κ3) is 4.97. The highest BCUT2D eigenvalue weighted by molar-refractivity contribution is 5.31. The molecule has 0 radical (unpaired) electrons. The lowest BCUT2D eigenvalue weighted by Crippen LogP contribution is -2.37. The van der Waals surface area contributed by atoms with Crippen LogP contribution in [0.1, 0.15) is 49.2 Å². The first kappa shape index (κ1) is 15.7. The minimum absolute atomic E-state index is 0.113. The Bertz CT molecular complexity index is 596. The number of rotatable bonds is 5. The van der Waals surface area contributed by atoms with Crippen LogP contribution in [0.5, 0.6) is 0 Å². The summed E-state index contributed by atoms with van der Waals surface area (Å²) in [7, 11) is 0. The quantitative estimate of drug-likeness (QED) is 0.917. The summed E-state index contributed by atoms with van der Waals surface area (Å²) in [5.74, 6) is 1.38. The summed E-state index contributed by atoms with van der Waals surface area (Å²) >= 11 is 0. The first-order valence-electron chi connectivity index (χ1n) is 7.46. The number of benzene rings is 1. The van der Waals surface area contributed by atoms with E-state index in [2.05, 4.69) is 68.3 Å². The molecule has 0 unspecified atom stereocenters. The van der Waals surface area contributed by atoms with Gasteiger partial charge in [-0.1, -0.05) is 18.2 Å². The van der Waals surface area contributed by atoms with Gasteiger partial charge in [0, 0.05) is 18.5 Å². The van der Waals surface area contributed by atoms with Crippen molar-refractivity contribution in [2.45, 2.75) is 53.0 Å². The van der Waals surface area contributed by atoms with E-state index in [9.17, 15) is 0 Å². The predicted octanol–water partition coefficient (Wildman–Crippen LogP) is 3.21. The van der Waals surface area contributed by atoms with Crippen LogP contribution in [0.4, 0.5) is 0 Å². The lowest BCUT2D eigenvalue weighted by molar-refractivity contribution is 0.403. The van der Waals surface area contributed by atoms with Crippen molar-refractivity contribution in [1.29, 1.82) is 0 Å². The maximum Gasteiger partial charge on any atom is 0.220 e. The van der Waals surface area contributed by atoms with E-state index in [0.29, 0.717) is 18.2 Å². The van der Waals surface area contributed by atoms with E-state index in [1.54, 1.807) is 0 Å². The summed E-state index contributed by atoms with van der Waals surface area (Å²) in [6, 6.07) is 6.43. The van der Waals surface area contributed by atoms with Gasteiger partial charge in [-0.25, -0.2) is 0 Å². The molecule has 0 fully saturated rings. The van der Waals surface area contributed by atoms with Gasteiger partial charge in [0.05, 0.1) is 6.42 Å². The van der Waals surface area contributed by atoms with Gasteiger partial charge in [0.25, 0.3) is 0 Å². The highest BCUT2D eigenvalue weighted by atomic mass is 16.4. The number of aromatic nitrogens is 2. The lowest BCUT2D eigenvalue weighted by atomic mass is 10.0. The minimum atomic E-state index is 0.113. The Labute approximate surface area is 127 Å². The van der Waals surface area contributed by atoms with Gasteiger partial charge < -0.3 is 9.73 Å². The first-order chi connectivity index (χ1) is 9.83. The largest absolute Gasteiger partial charge is 0.425 e. The van der Waals surface area contributed by atoms with Crippen molar-refractivity contribution in [2.24, 2.45) is 0 Å². The topological polar surface area (TPSA) is 51.0 Å². The second kappa shape index (κ2) is 6.39. The van der Waals surface area contributed by atoms with Crippen LogP contribution in [0.3, 0.4) is 0 Å². The second-order valence-corrected chi connectivity index (χ2v) is 6.61. The van der Waals surface area contributed by atoms with Crippen molar-refractivity contribution in [3.8, 4) is 0 Å². The van der Waals surface area contributed by atoms with Crippen molar-refractivity contribution in [2.75, 3.05) is 6.54 Å². The van der Waals surface area contributed by atoms with Gasteiger partial charge in [-0.3, -0.25) is 0 Å². The molecule has 1 aromatic carbocycles. The van der Waals surface area contributed by atoms with Gasteiger partial charge in [0.15, 0.2) is 0 Å². The van der Waals surface area contributed by atoms with Gasteiger partial charge in [-0.2, -0.15) is 0 Å². The molecule has 0 atom stereocenters. The molecule has 0 saturated carbocycles. The molecule has 2 aromatic rings. The number of hydrogen-bond acceptors (Lipinski definition) is 4. The second-order valence-electron chi connectivity index (χ2n) is 6.61. The Balaban J connectivity index is 1.92. The van der Waals surface area contributed by atoms with Crippen LogP contribution in [-0.2, 0) is 12.8 Å². The zero-order chi connectivity index (χ0) is 15.5. The SMILES string of the molecule is Cc1ccc(Cc2nnc(CCNC(C)(C)C)o2)cc1C. The van der Waals surface area contributed by atoms with Crippen LogP contribution in [0.25, 0.3) is 0 Å². The Morgan fingerprint density at radius 2 is 1.76 bits per heavy atom. The van der Waals surface area contributed by atoms with Crippen LogP contribution in [0, 0.1) is 13.8 Å². The molecule has 2 rings (SSSR count). The zero-order valence-corrected chi connectivity index (χ0v) is 13.7. The molecule has 1 aromatic heterocycles. The van der Waals surface area contributed by atoms with Crippen LogP contribution >= 0.6 is 0 Å². The zero-order valence-electron chi connectivity index (χ0n) is 13.7. The Kier molecular flexibility index (Phi) is 4.78. The fraction of sp³-hybridized carbons (Fsp3) is 0.529. The van der Waals surface area contributed by atoms with Crippen molar-refractivity contribution < 1.29 is 4.42 Å². The average Bonchev–Trinajstić information content (AvgIpc) is 2.80. The highest BCUT2D eigenvalue weighted by Crippen LogP contribution is 2.13. The van der Waals surface area contributed by atoms with Gasteiger partial charge >= 0.3 is 0 Å². The van der Waals surface area contributed by atoms with E-state index in [4.69, 9.17) is 4.42 Å². The summed E-state index contributed by atoms with van der Waals surface area (Å²) in [6.07, 6.45) is 1.46. The highest BCUT2D eigenvalue weighted by Gasteiger charge is 2.11. The number of nitrogens with one attached hydrogen (secondary N) is 1. The van der Waals surface area contributed by atoms with E-state index in [1.165, 1.54) is 16.7 Å². The molecule has 114 valence electrons. The monoisotopic (exact) mass is 287 g/mol. The molecule has 1 heterocycles. The molecule has 0 bridgehead atoms. The van der Waals surface area contributed by atoms with Crippen LogP contribution in [0.15, 0.2) is 22.6 Å². The Hall–Kier alpha value is -1.68. The number of nitrogens with zero attached hydrogens (tertiary/aromatic N) is 2. The number of aryl methyl sites for hydroxylation is 2. The molecule has 0 aliphatic heterocycles. The van der Waals surface area contributed by atoms with Crippen LogP contribution < -0.4 is 5.32 Å². The van der Waals surface area contributed by atoms with E-state index in [0.717, 1.165) is 13.0 Å². The summed E-state index contributed by atoms with van der Waals surface area (Å²) in [6.45, 7) is 11.5. The molecule has 0 amide bonds. The molecule has 0 saturated heterocycles. The van der Waals surface area contributed by atoms with Gasteiger partial charge in [0.2, 0.25) is 11.8 Å². The van der Waals surface area contributed by atoms with E-state index >= 15 is 0 Å². The molecule has 4 nitrogen and oxygen atoms in total. The predicted molar refractivity (Wildman–Crippen MR) is 84.5 cm³/mol. The smallest absolute Gasteiger partial charge is 0.220 e. The average molecular weight is 287 g/mol. The van der Waals surface area contributed by atoms with Crippen molar-refractivity contribution in [3.63, 3.8) is 0 Å². The molecule has 4 heteroatoms. The first-order valence-corrected chi connectivity index (χ1v) is 7.46. The van der Waals surface area contributed by atoms with Gasteiger partial charge in [0.1, 0.15) is 0 Å². The van der Waals surface area contributed by atoms with E-state index < -0.39 is 0 Å². The summed E-state index contributed by atoms with van der Waals surface area (Å²) in [5.41, 5.74) is 3.92. The van der Waals surface area contributed by atoms with Crippen LogP contribution in [0.2, 0.25) is 0 Å². The van der Waals surface area contributed by atoms with Gasteiger partial charge in [-0.05, 0) is 51.3 Å². The Morgan fingerprint density at radius 1 is 1.05 bits per heavy atom. The summed E-state index contributed by atoms with van der Waals surface area (Å²) in [5, 5.41) is 11.7. The molecular formula is C17H25N3O. The maximum absolute atomic E-state index is 5.71. The maximum atomic E-state index is 5.71. The summed E-state index contributed by atoms with van der Waals surface area (Å²) < 4.78 is 5.71. The normalized spacial score (nSPS) is 11.9. The Morgan fingerprint density at radius 3 is 2.43 bits per heavy atom. The fourth-order valence-corrected chi connectivity index (χ4v) is 2.09. The van der Waals surface area contributed by atoms with Crippen molar-refractivity contribution in [1.82, 2.24) is 15.5 Å². The molecule has 21 heavy (non-hydrogen) atoms. The van der Waals surface area contributed by atoms with Crippen LogP contribution in [-0.4, -0.2) is 22.3 Å². The minimum Gasteiger partial charge on any atom is -0.425 e. The van der Waals surface area contributed by atoms with Crippen molar-refractivity contribution >= 4 is 0 Å². The third-order valence-corrected chi connectivity index (χ3v) is 3.43. The summed E-state index contributed by atoms with van der Waals surface area (Å²) in [4.78, 5) is 0. The van der Waals surface area contributed by atoms with E-state index in [-0.39, 0.29) is 5.54 Å². The molecule has 0 aliphatic rings. The molecular weight excluding hydrogens is 262 g/mol. The molecule has 0 aliphatic carbocycles.